The van der Waals surface area contributed by atoms with E-state index in [0.29, 0.717) is 19.0 Å². The summed E-state index contributed by atoms with van der Waals surface area (Å²) in [5, 5.41) is 9.82. The first-order chi connectivity index (χ1) is 9.13. The summed E-state index contributed by atoms with van der Waals surface area (Å²) in [5.41, 5.74) is 0.833. The van der Waals surface area contributed by atoms with Gasteiger partial charge in [-0.3, -0.25) is 4.79 Å². The monoisotopic (exact) mass is 282 g/mol. The van der Waals surface area contributed by atoms with Crippen LogP contribution in [0.3, 0.4) is 0 Å². The zero-order valence-corrected chi connectivity index (χ0v) is 11.8. The topological polar surface area (TPSA) is 43.8 Å². The van der Waals surface area contributed by atoms with Crippen LogP contribution in [0.4, 0.5) is 5.69 Å². The summed E-state index contributed by atoms with van der Waals surface area (Å²) in [6.45, 7) is 4.67. The van der Waals surface area contributed by atoms with E-state index in [1.165, 1.54) is 0 Å². The number of piperazine rings is 1. The van der Waals surface area contributed by atoms with Gasteiger partial charge < -0.3 is 14.9 Å². The van der Waals surface area contributed by atoms with Gasteiger partial charge in [0.05, 0.1) is 5.69 Å². The lowest BCUT2D eigenvalue weighted by Crippen LogP contribution is -2.50. The van der Waals surface area contributed by atoms with Crippen molar-refractivity contribution in [3.8, 4) is 5.75 Å². The maximum absolute atomic E-state index is 12.0. The normalized spacial score (nSPS) is 17.4. The van der Waals surface area contributed by atoms with Crippen LogP contribution in [0.2, 0.25) is 0 Å². The number of hydrogen-bond donors (Lipinski definition) is 1. The molecule has 1 atom stereocenters. The summed E-state index contributed by atoms with van der Waals surface area (Å²) in [5.74, 6) is 0.639. The second-order valence-electron chi connectivity index (χ2n) is 4.86. The van der Waals surface area contributed by atoms with Gasteiger partial charge in [0, 0.05) is 38.0 Å². The predicted octanol–water partition coefficient (Wildman–Crippen LogP) is 1.92. The lowest BCUT2D eigenvalue weighted by atomic mass is 10.1. The molecule has 1 amide bonds. The number of aromatic hydroxyl groups is 1. The molecule has 1 N–H and O–H groups in total. The van der Waals surface area contributed by atoms with Gasteiger partial charge in [-0.1, -0.05) is 19.1 Å². The van der Waals surface area contributed by atoms with Gasteiger partial charge in [0.2, 0.25) is 5.91 Å². The third-order valence-corrected chi connectivity index (χ3v) is 3.93. The van der Waals surface area contributed by atoms with Crippen molar-refractivity contribution in [2.75, 3.05) is 37.0 Å². The number of anilines is 1. The average molecular weight is 283 g/mol. The van der Waals surface area contributed by atoms with Crippen molar-refractivity contribution in [3.63, 3.8) is 0 Å². The molecule has 0 radical (unpaired) electrons. The van der Waals surface area contributed by atoms with Crippen LogP contribution in [-0.2, 0) is 4.79 Å². The van der Waals surface area contributed by atoms with Crippen molar-refractivity contribution < 1.29 is 9.90 Å². The third kappa shape index (κ3) is 3.13. The number of phenolic OH excluding ortho intramolecular Hbond substituents is 1. The zero-order chi connectivity index (χ0) is 13.8. The highest BCUT2D eigenvalue weighted by molar-refractivity contribution is 6.19. The molecule has 1 saturated heterocycles. The number of carbonyl (C=O) groups is 1. The molecule has 0 bridgehead atoms. The zero-order valence-electron chi connectivity index (χ0n) is 11.1. The minimum absolute atomic E-state index is 0.118. The number of alkyl halides is 1. The van der Waals surface area contributed by atoms with Crippen LogP contribution >= 0.6 is 11.6 Å². The number of nitrogens with zero attached hydrogens (tertiary/aromatic N) is 2. The summed E-state index contributed by atoms with van der Waals surface area (Å²) in [7, 11) is 0. The molecule has 19 heavy (non-hydrogen) atoms. The fourth-order valence-electron chi connectivity index (χ4n) is 2.28. The first-order valence-electron chi connectivity index (χ1n) is 6.51. The second-order valence-corrected chi connectivity index (χ2v) is 5.17. The van der Waals surface area contributed by atoms with E-state index in [-0.39, 0.29) is 17.6 Å². The SMILES string of the molecule is CC(CCl)C(=O)N1CCN(c2ccccc2O)CC1. The minimum Gasteiger partial charge on any atom is -0.506 e. The summed E-state index contributed by atoms with van der Waals surface area (Å²) in [6.07, 6.45) is 0. The number of amides is 1. The van der Waals surface area contributed by atoms with Crippen molar-refractivity contribution in [3.05, 3.63) is 24.3 Å². The molecule has 1 heterocycles. The van der Waals surface area contributed by atoms with Crippen LogP contribution in [0.5, 0.6) is 5.75 Å². The summed E-state index contributed by atoms with van der Waals surface area (Å²) < 4.78 is 0. The van der Waals surface area contributed by atoms with Crippen LogP contribution < -0.4 is 4.90 Å². The Kier molecular flexibility index (Phi) is 4.53. The molecule has 1 aromatic carbocycles. The lowest BCUT2D eigenvalue weighted by Gasteiger charge is -2.37. The first-order valence-corrected chi connectivity index (χ1v) is 7.04. The molecule has 0 aliphatic carbocycles. The Bertz CT molecular complexity index is 445. The van der Waals surface area contributed by atoms with Gasteiger partial charge in [0.25, 0.3) is 0 Å². The molecule has 5 heteroatoms. The van der Waals surface area contributed by atoms with Gasteiger partial charge in [-0.05, 0) is 12.1 Å². The lowest BCUT2D eigenvalue weighted by molar-refractivity contribution is -0.134. The Morgan fingerprint density at radius 1 is 1.32 bits per heavy atom. The molecule has 4 nitrogen and oxygen atoms in total. The van der Waals surface area contributed by atoms with E-state index in [1.54, 1.807) is 12.1 Å². The Hall–Kier alpha value is -1.42. The molecular weight excluding hydrogens is 264 g/mol. The molecule has 0 spiro atoms. The molecule has 1 unspecified atom stereocenters. The molecular formula is C14H19ClN2O2. The minimum atomic E-state index is -0.127. The Morgan fingerprint density at radius 3 is 2.53 bits per heavy atom. The number of rotatable bonds is 3. The maximum atomic E-state index is 12.0. The molecule has 1 aromatic rings. The summed E-state index contributed by atoms with van der Waals surface area (Å²) >= 11 is 5.72. The van der Waals surface area contributed by atoms with Gasteiger partial charge in [-0.15, -0.1) is 11.6 Å². The number of carbonyl (C=O) groups excluding carboxylic acids is 1. The summed E-state index contributed by atoms with van der Waals surface area (Å²) in [4.78, 5) is 16.0. The Balaban J connectivity index is 1.96. The number of benzene rings is 1. The van der Waals surface area contributed by atoms with Crippen LogP contribution in [0.25, 0.3) is 0 Å². The van der Waals surface area contributed by atoms with E-state index in [9.17, 15) is 9.90 Å². The highest BCUT2D eigenvalue weighted by atomic mass is 35.5. The fourth-order valence-corrected chi connectivity index (χ4v) is 2.41. The molecule has 0 saturated carbocycles. The molecule has 1 aliphatic heterocycles. The smallest absolute Gasteiger partial charge is 0.226 e. The fraction of sp³-hybridized carbons (Fsp3) is 0.500. The van der Waals surface area contributed by atoms with E-state index in [0.717, 1.165) is 18.8 Å². The van der Waals surface area contributed by atoms with Crippen LogP contribution in [0, 0.1) is 5.92 Å². The van der Waals surface area contributed by atoms with Crippen molar-refractivity contribution in [1.29, 1.82) is 0 Å². The van der Waals surface area contributed by atoms with Crippen LogP contribution in [-0.4, -0.2) is 48.0 Å². The summed E-state index contributed by atoms with van der Waals surface area (Å²) in [6, 6.07) is 7.29. The number of hydrogen-bond acceptors (Lipinski definition) is 3. The van der Waals surface area contributed by atoms with Gasteiger partial charge in [-0.25, -0.2) is 0 Å². The molecule has 0 aromatic heterocycles. The highest BCUT2D eigenvalue weighted by Crippen LogP contribution is 2.27. The van der Waals surface area contributed by atoms with Crippen molar-refractivity contribution in [2.45, 2.75) is 6.92 Å². The Morgan fingerprint density at radius 2 is 1.95 bits per heavy atom. The Labute approximate surface area is 118 Å². The third-order valence-electron chi connectivity index (χ3n) is 3.47. The van der Waals surface area contributed by atoms with E-state index in [2.05, 4.69) is 4.90 Å². The van der Waals surface area contributed by atoms with E-state index in [4.69, 9.17) is 11.6 Å². The van der Waals surface area contributed by atoms with Crippen molar-refractivity contribution in [1.82, 2.24) is 4.90 Å². The predicted molar refractivity (Wildman–Crippen MR) is 76.8 cm³/mol. The van der Waals surface area contributed by atoms with Crippen molar-refractivity contribution >= 4 is 23.2 Å². The van der Waals surface area contributed by atoms with Crippen LogP contribution in [0.1, 0.15) is 6.92 Å². The van der Waals surface area contributed by atoms with Gasteiger partial charge in [0.1, 0.15) is 5.75 Å². The van der Waals surface area contributed by atoms with Crippen LogP contribution in [0.15, 0.2) is 24.3 Å². The van der Waals surface area contributed by atoms with Crippen molar-refractivity contribution in [2.24, 2.45) is 5.92 Å². The largest absolute Gasteiger partial charge is 0.506 e. The first kappa shape index (κ1) is 14.0. The average Bonchev–Trinajstić information content (AvgIpc) is 2.46. The maximum Gasteiger partial charge on any atom is 0.226 e. The number of para-hydroxylation sites is 2. The number of halogens is 1. The van der Waals surface area contributed by atoms with E-state index < -0.39 is 0 Å². The van der Waals surface area contributed by atoms with Gasteiger partial charge >= 0.3 is 0 Å². The standard InChI is InChI=1S/C14H19ClN2O2/c1-11(10-15)14(19)17-8-6-16(7-9-17)12-4-2-3-5-13(12)18/h2-5,11,18H,6-10H2,1H3. The molecule has 2 rings (SSSR count). The number of phenols is 1. The second kappa shape index (κ2) is 6.15. The van der Waals surface area contributed by atoms with E-state index in [1.807, 2.05) is 24.0 Å². The molecule has 104 valence electrons. The molecule has 1 aliphatic rings. The highest BCUT2D eigenvalue weighted by Gasteiger charge is 2.25. The molecule has 1 fully saturated rings. The van der Waals surface area contributed by atoms with Gasteiger partial charge in [-0.2, -0.15) is 0 Å². The quantitative estimate of drug-likeness (QED) is 0.862. The van der Waals surface area contributed by atoms with Gasteiger partial charge in [0.15, 0.2) is 0 Å². The van der Waals surface area contributed by atoms with E-state index >= 15 is 0 Å².